The van der Waals surface area contributed by atoms with Gasteiger partial charge in [0.15, 0.2) is 5.96 Å². The summed E-state index contributed by atoms with van der Waals surface area (Å²) in [6.07, 6.45) is 2.08. The van der Waals surface area contributed by atoms with Crippen molar-refractivity contribution in [1.29, 1.82) is 0 Å². The maximum atomic E-state index is 11.5. The number of amides is 1. The molecule has 0 unspecified atom stereocenters. The van der Waals surface area contributed by atoms with Gasteiger partial charge >= 0.3 is 0 Å². The molecule has 0 saturated heterocycles. The highest BCUT2D eigenvalue weighted by atomic mass is 32.2. The lowest BCUT2D eigenvalue weighted by atomic mass is 10.2. The third-order valence-electron chi connectivity index (χ3n) is 2.45. The summed E-state index contributed by atoms with van der Waals surface area (Å²) in [6, 6.07) is 0. The summed E-state index contributed by atoms with van der Waals surface area (Å²) in [6.45, 7) is 8.09. The molecule has 1 amide bonds. The van der Waals surface area contributed by atoms with Gasteiger partial charge in [-0.1, -0.05) is 0 Å². The van der Waals surface area contributed by atoms with Crippen LogP contribution in [0.3, 0.4) is 0 Å². The molecule has 0 spiro atoms. The lowest BCUT2D eigenvalue weighted by Gasteiger charge is -2.23. The topological polar surface area (TPSA) is 56.7 Å². The number of nitrogens with one attached hydrogen (secondary N) is 2. The smallest absolute Gasteiger partial charge is 0.243 e. The Labute approximate surface area is 115 Å². The van der Waals surface area contributed by atoms with Crippen molar-refractivity contribution in [3.63, 3.8) is 0 Å². The van der Waals surface area contributed by atoms with Crippen molar-refractivity contribution in [1.82, 2.24) is 15.5 Å². The molecule has 0 aromatic carbocycles. The fourth-order valence-electron chi connectivity index (χ4n) is 0.999. The van der Waals surface area contributed by atoms with Crippen LogP contribution in [-0.4, -0.2) is 61.5 Å². The van der Waals surface area contributed by atoms with Crippen LogP contribution in [0, 0.1) is 0 Å². The molecule has 5 nitrogen and oxygen atoms in total. The van der Waals surface area contributed by atoms with Crippen LogP contribution in [0.1, 0.15) is 20.8 Å². The molecule has 18 heavy (non-hydrogen) atoms. The van der Waals surface area contributed by atoms with Crippen LogP contribution >= 0.6 is 11.8 Å². The van der Waals surface area contributed by atoms with Crippen molar-refractivity contribution in [3.8, 4) is 0 Å². The summed E-state index contributed by atoms with van der Waals surface area (Å²) in [5.74, 6) is 0.686. The van der Waals surface area contributed by atoms with E-state index in [4.69, 9.17) is 0 Å². The maximum Gasteiger partial charge on any atom is 0.243 e. The second-order valence-electron chi connectivity index (χ2n) is 4.80. The summed E-state index contributed by atoms with van der Waals surface area (Å²) in [7, 11) is 3.46. The lowest BCUT2D eigenvalue weighted by molar-refractivity contribution is -0.127. The SMILES string of the molecule is CCNC(=NCC(=O)N(C)C)NCC(C)(C)SC. The molecule has 0 rings (SSSR count). The van der Waals surface area contributed by atoms with E-state index >= 15 is 0 Å². The van der Waals surface area contributed by atoms with Crippen molar-refractivity contribution in [2.24, 2.45) is 4.99 Å². The van der Waals surface area contributed by atoms with Gasteiger partial charge in [-0.2, -0.15) is 11.8 Å². The van der Waals surface area contributed by atoms with Crippen LogP contribution in [-0.2, 0) is 4.79 Å². The van der Waals surface area contributed by atoms with E-state index < -0.39 is 0 Å². The number of thioether (sulfide) groups is 1. The molecule has 0 bridgehead atoms. The molecule has 0 radical (unpaired) electrons. The minimum absolute atomic E-state index is 0.00340. The first kappa shape index (κ1) is 17.1. The first-order chi connectivity index (χ1) is 8.32. The molecule has 0 fully saturated rings. The number of nitrogens with zero attached hydrogens (tertiary/aromatic N) is 2. The fraction of sp³-hybridized carbons (Fsp3) is 0.833. The van der Waals surface area contributed by atoms with E-state index in [1.807, 2.05) is 6.92 Å². The fourth-order valence-corrected chi connectivity index (χ4v) is 1.22. The van der Waals surface area contributed by atoms with Crippen molar-refractivity contribution < 1.29 is 4.79 Å². The summed E-state index contributed by atoms with van der Waals surface area (Å²) >= 11 is 1.80. The Morgan fingerprint density at radius 1 is 1.33 bits per heavy atom. The van der Waals surface area contributed by atoms with Crippen LogP contribution in [0.25, 0.3) is 0 Å². The van der Waals surface area contributed by atoms with E-state index in [1.54, 1.807) is 30.8 Å². The standard InChI is InChI=1S/C12H26N4OS/c1-7-13-11(14-8-10(17)16(4)5)15-9-12(2,3)18-6/h7-9H2,1-6H3,(H2,13,14,15). The Morgan fingerprint density at radius 3 is 2.39 bits per heavy atom. The quantitative estimate of drug-likeness (QED) is 0.555. The van der Waals surface area contributed by atoms with Crippen LogP contribution in [0.15, 0.2) is 4.99 Å². The Morgan fingerprint density at radius 2 is 1.94 bits per heavy atom. The van der Waals surface area contributed by atoms with Gasteiger partial charge < -0.3 is 15.5 Å². The number of guanidine groups is 1. The van der Waals surface area contributed by atoms with Gasteiger partial charge in [0.05, 0.1) is 0 Å². The van der Waals surface area contributed by atoms with Crippen LogP contribution in [0.4, 0.5) is 0 Å². The van der Waals surface area contributed by atoms with E-state index in [0.717, 1.165) is 13.1 Å². The van der Waals surface area contributed by atoms with E-state index in [9.17, 15) is 4.79 Å². The minimum atomic E-state index is -0.00340. The first-order valence-electron chi connectivity index (χ1n) is 6.10. The van der Waals surface area contributed by atoms with Crippen molar-refractivity contribution >= 4 is 23.6 Å². The predicted octanol–water partition coefficient (Wildman–Crippen LogP) is 0.771. The highest BCUT2D eigenvalue weighted by Gasteiger charge is 2.16. The zero-order valence-electron chi connectivity index (χ0n) is 12.3. The number of likely N-dealkylation sites (N-methyl/N-ethyl adjacent to an activating group) is 1. The summed E-state index contributed by atoms with van der Waals surface area (Å²) < 4.78 is 0.141. The van der Waals surface area contributed by atoms with Gasteiger partial charge in [0.2, 0.25) is 5.91 Å². The van der Waals surface area contributed by atoms with Gasteiger partial charge in [0.25, 0.3) is 0 Å². The third kappa shape index (κ3) is 7.42. The zero-order chi connectivity index (χ0) is 14.2. The van der Waals surface area contributed by atoms with Crippen LogP contribution in [0.2, 0.25) is 0 Å². The molecule has 0 saturated carbocycles. The van der Waals surface area contributed by atoms with Crippen molar-refractivity contribution in [2.45, 2.75) is 25.5 Å². The normalized spacial score (nSPS) is 12.2. The molecular formula is C12H26N4OS. The molecule has 6 heteroatoms. The predicted molar refractivity (Wildman–Crippen MR) is 80.3 cm³/mol. The van der Waals surface area contributed by atoms with Crippen LogP contribution < -0.4 is 10.6 Å². The largest absolute Gasteiger partial charge is 0.357 e. The van der Waals surface area contributed by atoms with Crippen LogP contribution in [0.5, 0.6) is 0 Å². The monoisotopic (exact) mass is 274 g/mol. The lowest BCUT2D eigenvalue weighted by Crippen LogP contribution is -2.43. The molecule has 0 aliphatic carbocycles. The second-order valence-corrected chi connectivity index (χ2v) is 6.31. The van der Waals surface area contributed by atoms with Gasteiger partial charge in [-0.3, -0.25) is 4.79 Å². The van der Waals surface area contributed by atoms with E-state index in [1.165, 1.54) is 0 Å². The highest BCUT2D eigenvalue weighted by Crippen LogP contribution is 2.19. The molecule has 0 atom stereocenters. The molecule has 2 N–H and O–H groups in total. The van der Waals surface area contributed by atoms with E-state index in [2.05, 4.69) is 35.7 Å². The van der Waals surface area contributed by atoms with Gasteiger partial charge in [-0.25, -0.2) is 4.99 Å². The number of hydrogen-bond acceptors (Lipinski definition) is 3. The second kappa shape index (κ2) is 8.24. The summed E-state index contributed by atoms with van der Waals surface area (Å²) in [4.78, 5) is 17.3. The van der Waals surface area contributed by atoms with Gasteiger partial charge in [0.1, 0.15) is 6.54 Å². The number of carbonyl (C=O) groups is 1. The molecule has 0 aromatic heterocycles. The Bertz CT molecular complexity index is 290. The molecule has 0 aromatic rings. The molecular weight excluding hydrogens is 248 g/mol. The summed E-state index contributed by atoms with van der Waals surface area (Å²) in [5.41, 5.74) is 0. The summed E-state index contributed by atoms with van der Waals surface area (Å²) in [5, 5.41) is 6.39. The van der Waals surface area contributed by atoms with Gasteiger partial charge in [0, 0.05) is 31.9 Å². The van der Waals surface area contributed by atoms with Gasteiger partial charge in [-0.15, -0.1) is 0 Å². The average Bonchev–Trinajstić information content (AvgIpc) is 2.32. The number of rotatable bonds is 6. The Kier molecular flexibility index (Phi) is 7.82. The Balaban J connectivity index is 4.38. The Hall–Kier alpha value is -0.910. The number of aliphatic imine (C=N–C) groups is 1. The average molecular weight is 274 g/mol. The van der Waals surface area contributed by atoms with E-state index in [0.29, 0.717) is 5.96 Å². The maximum absolute atomic E-state index is 11.5. The third-order valence-corrected chi connectivity index (χ3v) is 3.70. The minimum Gasteiger partial charge on any atom is -0.357 e. The number of hydrogen-bond donors (Lipinski definition) is 2. The van der Waals surface area contributed by atoms with Crippen molar-refractivity contribution in [3.05, 3.63) is 0 Å². The molecule has 0 aliphatic rings. The first-order valence-corrected chi connectivity index (χ1v) is 7.32. The highest BCUT2D eigenvalue weighted by molar-refractivity contribution is 7.99. The molecule has 0 aliphatic heterocycles. The van der Waals surface area contributed by atoms with Gasteiger partial charge in [-0.05, 0) is 27.0 Å². The van der Waals surface area contributed by atoms with E-state index in [-0.39, 0.29) is 17.2 Å². The van der Waals surface area contributed by atoms with Crippen molar-refractivity contribution in [2.75, 3.05) is 40.0 Å². The number of carbonyl (C=O) groups excluding carboxylic acids is 1. The molecule has 106 valence electrons. The molecule has 0 heterocycles. The zero-order valence-corrected chi connectivity index (χ0v) is 13.1.